The van der Waals surface area contributed by atoms with Gasteiger partial charge in [-0.3, -0.25) is 0 Å². The Morgan fingerprint density at radius 2 is 1.23 bits per heavy atom. The van der Waals surface area contributed by atoms with Crippen LogP contribution in [-0.2, 0) is 28.4 Å². The van der Waals surface area contributed by atoms with Crippen LogP contribution in [0.4, 0.5) is 0 Å². The highest BCUT2D eigenvalue weighted by molar-refractivity contribution is 5.52. The lowest BCUT2D eigenvalue weighted by Gasteiger charge is -2.39. The molecule has 3 aliphatic rings. The first-order chi connectivity index (χ1) is 23.2. The molecular formula is C42H56O6. The average molecular weight is 657 g/mol. The predicted molar refractivity (Wildman–Crippen MR) is 197 cm³/mol. The highest BCUT2D eigenvalue weighted by Gasteiger charge is 2.41. The largest absolute Gasteiger partial charge is 0.491 e. The second kappa shape index (κ2) is 18.6. The molecule has 5 unspecified atom stereocenters. The van der Waals surface area contributed by atoms with Crippen LogP contribution < -0.4 is 0 Å². The zero-order valence-electron chi connectivity index (χ0n) is 29.6. The molecule has 48 heavy (non-hydrogen) atoms. The zero-order valence-corrected chi connectivity index (χ0v) is 29.6. The highest BCUT2D eigenvalue weighted by atomic mass is 16.6. The number of allylic oxidation sites excluding steroid dienone is 15. The Labute approximate surface area is 289 Å². The van der Waals surface area contributed by atoms with Crippen LogP contribution in [0.2, 0.25) is 0 Å². The molecule has 0 saturated carbocycles. The molecule has 0 N–H and O–H groups in total. The summed E-state index contributed by atoms with van der Waals surface area (Å²) in [6.45, 7) is 36.7. The number of epoxide rings is 3. The number of ether oxygens (including phenoxy) is 6. The van der Waals surface area contributed by atoms with E-state index >= 15 is 0 Å². The van der Waals surface area contributed by atoms with Crippen molar-refractivity contribution in [2.45, 2.75) is 65.3 Å². The highest BCUT2D eigenvalue weighted by Crippen LogP contribution is 2.50. The minimum Gasteiger partial charge on any atom is -0.491 e. The molecule has 0 aromatic heterocycles. The maximum Gasteiger partial charge on any atom is 0.127 e. The van der Waals surface area contributed by atoms with Gasteiger partial charge in [-0.25, -0.2) is 0 Å². The Morgan fingerprint density at radius 3 is 1.69 bits per heavy atom. The molecule has 0 amide bonds. The van der Waals surface area contributed by atoms with Crippen molar-refractivity contribution < 1.29 is 28.4 Å². The smallest absolute Gasteiger partial charge is 0.127 e. The first kappa shape index (κ1) is 38.6. The number of hydrogen-bond acceptors (Lipinski definition) is 6. The van der Waals surface area contributed by atoms with E-state index in [1.54, 1.807) is 18.2 Å². The van der Waals surface area contributed by atoms with Gasteiger partial charge in [0.25, 0.3) is 0 Å². The number of hydrogen-bond donors (Lipinski definition) is 0. The predicted octanol–water partition coefficient (Wildman–Crippen LogP) is 9.37. The Hall–Kier alpha value is -3.84. The summed E-state index contributed by atoms with van der Waals surface area (Å²) in [6, 6.07) is 0. The molecule has 3 aliphatic heterocycles. The van der Waals surface area contributed by atoms with Gasteiger partial charge in [0.15, 0.2) is 0 Å². The van der Waals surface area contributed by atoms with Crippen molar-refractivity contribution >= 4 is 0 Å². The summed E-state index contributed by atoms with van der Waals surface area (Å²) < 4.78 is 35.9. The van der Waals surface area contributed by atoms with Crippen LogP contribution >= 0.6 is 0 Å². The minimum atomic E-state index is -0.605. The van der Waals surface area contributed by atoms with Gasteiger partial charge in [-0.1, -0.05) is 122 Å². The van der Waals surface area contributed by atoms with E-state index in [1.165, 1.54) is 0 Å². The van der Waals surface area contributed by atoms with Gasteiger partial charge in [0.1, 0.15) is 55.4 Å². The van der Waals surface area contributed by atoms with Crippen molar-refractivity contribution in [3.8, 4) is 0 Å². The van der Waals surface area contributed by atoms with Crippen LogP contribution in [0.5, 0.6) is 0 Å². The number of rotatable bonds is 25. The Kier molecular flexibility index (Phi) is 15.0. The molecule has 3 fully saturated rings. The molecular weight excluding hydrogens is 600 g/mol. The standard InChI is InChI=1S/C42H56O6/c1-11-19-23-38(46-28-32-25-43-32)31(15-5)24-41(9,17-7)37(21-13-3)40(48-30-34-27-45-34)35(16-6)42(10,18-8)36(20-12-2)39(22-14-4)47-29-33-26-44-33/h11-16,19-23,32-34H,1-6,17-18,24-30H2,7-10H3/b23-19-,36-20+,37-21+,38-31-,39-22+,40-35-. The quantitative estimate of drug-likeness (QED) is 0.0554. The summed E-state index contributed by atoms with van der Waals surface area (Å²) in [5.41, 5.74) is 2.78. The van der Waals surface area contributed by atoms with E-state index in [9.17, 15) is 0 Å². The SMILES string of the molecule is C=C/C=C\C(OCC1CO1)=C(/C=C)CC(C)(CC)C(=C/C=C)/C(OCC1CO1)=C(\C=C)C(C)(CC)C(=C/C=C)/C(=C\C=C)OCC1CO1. The van der Waals surface area contributed by atoms with Crippen LogP contribution in [0.25, 0.3) is 0 Å². The molecule has 6 nitrogen and oxygen atoms in total. The zero-order chi connectivity index (χ0) is 35.2. The van der Waals surface area contributed by atoms with Gasteiger partial charge in [-0.05, 0) is 37.0 Å². The molecule has 5 atom stereocenters. The second-order valence-electron chi connectivity index (χ2n) is 12.6. The first-order valence-electron chi connectivity index (χ1n) is 16.9. The van der Waals surface area contributed by atoms with E-state index in [2.05, 4.69) is 73.2 Å². The van der Waals surface area contributed by atoms with E-state index in [0.29, 0.717) is 58.2 Å². The first-order valence-corrected chi connectivity index (χ1v) is 16.9. The summed E-state index contributed by atoms with van der Waals surface area (Å²) in [7, 11) is 0. The van der Waals surface area contributed by atoms with Gasteiger partial charge in [0, 0.05) is 27.5 Å². The van der Waals surface area contributed by atoms with Gasteiger partial charge in [0.2, 0.25) is 0 Å². The normalized spacial score (nSPS) is 24.2. The van der Waals surface area contributed by atoms with E-state index in [4.69, 9.17) is 28.4 Å². The molecule has 0 spiro atoms. The molecule has 0 radical (unpaired) electrons. The van der Waals surface area contributed by atoms with E-state index in [1.807, 2.05) is 42.5 Å². The summed E-state index contributed by atoms with van der Waals surface area (Å²) in [5, 5.41) is 0. The fourth-order valence-corrected chi connectivity index (χ4v) is 5.57. The Bertz CT molecular complexity index is 1370. The molecule has 6 heteroatoms. The molecule has 0 bridgehead atoms. The summed E-state index contributed by atoms with van der Waals surface area (Å²) in [6.07, 6.45) is 23.0. The molecule has 3 rings (SSSR count). The third kappa shape index (κ3) is 10.6. The van der Waals surface area contributed by atoms with Crippen LogP contribution in [0.15, 0.2) is 146 Å². The van der Waals surface area contributed by atoms with E-state index in [-0.39, 0.29) is 18.3 Å². The summed E-state index contributed by atoms with van der Waals surface area (Å²) >= 11 is 0. The monoisotopic (exact) mass is 656 g/mol. The van der Waals surface area contributed by atoms with Crippen LogP contribution in [0, 0.1) is 10.8 Å². The fraction of sp³-hybridized carbons (Fsp3) is 0.429. The molecule has 0 aromatic rings. The van der Waals surface area contributed by atoms with Crippen molar-refractivity contribution in [2.24, 2.45) is 10.8 Å². The van der Waals surface area contributed by atoms with Crippen molar-refractivity contribution in [1.82, 2.24) is 0 Å². The lowest BCUT2D eigenvalue weighted by molar-refractivity contribution is 0.165. The fourth-order valence-electron chi connectivity index (χ4n) is 5.57. The van der Waals surface area contributed by atoms with Crippen molar-refractivity contribution in [3.05, 3.63) is 146 Å². The van der Waals surface area contributed by atoms with E-state index < -0.39 is 10.8 Å². The molecule has 3 saturated heterocycles. The van der Waals surface area contributed by atoms with Crippen molar-refractivity contribution in [1.29, 1.82) is 0 Å². The maximum absolute atomic E-state index is 6.83. The van der Waals surface area contributed by atoms with Gasteiger partial charge in [-0.15, -0.1) is 0 Å². The van der Waals surface area contributed by atoms with Gasteiger partial charge in [0.05, 0.1) is 19.8 Å². The molecule has 260 valence electrons. The summed E-state index contributed by atoms with van der Waals surface area (Å²) in [4.78, 5) is 0. The lowest BCUT2D eigenvalue weighted by atomic mass is 9.67. The van der Waals surface area contributed by atoms with Gasteiger partial charge < -0.3 is 28.4 Å². The third-order valence-electron chi connectivity index (χ3n) is 9.12. The van der Waals surface area contributed by atoms with Crippen molar-refractivity contribution in [3.63, 3.8) is 0 Å². The maximum atomic E-state index is 6.83. The molecule has 3 heterocycles. The minimum absolute atomic E-state index is 0.0374. The average Bonchev–Trinajstić information content (AvgIpc) is 3.93. The molecule has 0 aromatic carbocycles. The van der Waals surface area contributed by atoms with Crippen LogP contribution in [0.3, 0.4) is 0 Å². The van der Waals surface area contributed by atoms with Gasteiger partial charge in [-0.2, -0.15) is 0 Å². The lowest BCUT2D eigenvalue weighted by Crippen LogP contribution is -2.29. The van der Waals surface area contributed by atoms with Crippen LogP contribution in [0.1, 0.15) is 47.0 Å². The molecule has 0 aliphatic carbocycles. The second-order valence-corrected chi connectivity index (χ2v) is 12.6. The van der Waals surface area contributed by atoms with Crippen LogP contribution in [-0.4, -0.2) is 58.0 Å². The summed E-state index contributed by atoms with van der Waals surface area (Å²) in [5.74, 6) is 2.19. The third-order valence-corrected chi connectivity index (χ3v) is 9.12. The van der Waals surface area contributed by atoms with Crippen molar-refractivity contribution in [2.75, 3.05) is 39.6 Å². The Balaban J connectivity index is 2.24. The van der Waals surface area contributed by atoms with Gasteiger partial charge >= 0.3 is 0 Å². The Morgan fingerprint density at radius 1 is 0.688 bits per heavy atom. The topological polar surface area (TPSA) is 65.3 Å². The van der Waals surface area contributed by atoms with E-state index in [0.717, 1.165) is 40.2 Å².